The molecule has 220 valence electrons. The molecular formula is C28H35F3N8O2. The van der Waals surface area contributed by atoms with Crippen molar-refractivity contribution in [2.45, 2.75) is 44.9 Å². The topological polar surface area (TPSA) is 126 Å². The second kappa shape index (κ2) is 12.1. The van der Waals surface area contributed by atoms with Crippen molar-refractivity contribution in [1.82, 2.24) is 24.8 Å². The Morgan fingerprint density at radius 1 is 1.24 bits per heavy atom. The summed E-state index contributed by atoms with van der Waals surface area (Å²) in [6.07, 6.45) is 3.86. The summed E-state index contributed by atoms with van der Waals surface area (Å²) in [6.45, 7) is 5.27. The number of alkyl halides is 2. The maximum Gasteiger partial charge on any atom is 0.320 e. The molecule has 2 aliphatic rings. The molecule has 10 nitrogen and oxygen atoms in total. The summed E-state index contributed by atoms with van der Waals surface area (Å²) in [4.78, 5) is 15.5. The third-order valence-corrected chi connectivity index (χ3v) is 7.69. The number of piperidine rings is 1. The number of halogens is 3. The third kappa shape index (κ3) is 6.52. The molecule has 0 aliphatic carbocycles. The SMILES string of the molecule is CC(=NC1CCN(CC2CNC2)CC1)/C(=N\N)c1cc(OCC(C)(O)c2ccc(F)cn2)c2c(c1)ncn2C(F)F. The number of hydrogen-bond acceptors (Lipinski definition) is 9. The first-order valence-corrected chi connectivity index (χ1v) is 13.7. The number of fused-ring (bicyclic) bond motifs is 1. The van der Waals surface area contributed by atoms with Crippen molar-refractivity contribution in [3.63, 3.8) is 0 Å². The number of aliphatic hydroxyl groups is 1. The van der Waals surface area contributed by atoms with Crippen molar-refractivity contribution in [3.8, 4) is 5.75 Å². The van der Waals surface area contributed by atoms with E-state index in [-0.39, 0.29) is 35.1 Å². The molecule has 2 fully saturated rings. The van der Waals surface area contributed by atoms with Crippen molar-refractivity contribution in [2.75, 3.05) is 39.3 Å². The molecule has 4 heterocycles. The highest BCUT2D eigenvalue weighted by atomic mass is 19.3. The van der Waals surface area contributed by atoms with Gasteiger partial charge in [-0.05, 0) is 56.9 Å². The van der Waals surface area contributed by atoms with E-state index < -0.39 is 18.0 Å². The maximum atomic E-state index is 13.8. The quantitative estimate of drug-likeness (QED) is 0.194. The van der Waals surface area contributed by atoms with Gasteiger partial charge in [-0.1, -0.05) is 0 Å². The fourth-order valence-electron chi connectivity index (χ4n) is 5.30. The number of rotatable bonds is 10. The summed E-state index contributed by atoms with van der Waals surface area (Å²) >= 11 is 0. The molecule has 5 rings (SSSR count). The third-order valence-electron chi connectivity index (χ3n) is 7.69. The average Bonchev–Trinajstić information content (AvgIpc) is 3.36. The molecule has 2 aliphatic heterocycles. The van der Waals surface area contributed by atoms with Gasteiger partial charge in [0.05, 0.1) is 29.2 Å². The van der Waals surface area contributed by atoms with Crippen molar-refractivity contribution in [3.05, 3.63) is 53.9 Å². The Labute approximate surface area is 236 Å². The highest BCUT2D eigenvalue weighted by Gasteiger charge is 2.28. The Kier molecular flexibility index (Phi) is 8.57. The lowest BCUT2D eigenvalue weighted by molar-refractivity contribution is 0.00393. The smallest absolute Gasteiger partial charge is 0.320 e. The molecule has 0 amide bonds. The number of hydrogen-bond donors (Lipinski definition) is 3. The largest absolute Gasteiger partial charge is 0.488 e. The Morgan fingerprint density at radius 3 is 2.61 bits per heavy atom. The zero-order chi connectivity index (χ0) is 29.1. The normalized spacial score (nSPS) is 19.5. The summed E-state index contributed by atoms with van der Waals surface area (Å²) in [7, 11) is 0. The molecule has 0 saturated carbocycles. The summed E-state index contributed by atoms with van der Waals surface area (Å²) in [5, 5.41) is 18.3. The number of pyridine rings is 1. The monoisotopic (exact) mass is 572 g/mol. The standard InChI is InChI=1S/C28H35F3N8O2/c1-17(36-21-5-7-38(8-6-21)14-18-11-33-12-18)25(37-32)19-9-22-26(39(16-35-22)27(30)31)23(10-19)41-15-28(2,40)24-4-3-20(29)13-34-24/h3-4,9-10,13,16,18,21,27,33,40H,5-8,11-12,14-15,32H2,1-2H3/b36-17?,37-25+. The van der Waals surface area contributed by atoms with Crippen LogP contribution >= 0.6 is 0 Å². The van der Waals surface area contributed by atoms with E-state index in [1.165, 1.54) is 25.1 Å². The van der Waals surface area contributed by atoms with E-state index in [0.717, 1.165) is 64.0 Å². The van der Waals surface area contributed by atoms with E-state index in [4.69, 9.17) is 15.6 Å². The van der Waals surface area contributed by atoms with Crippen LogP contribution in [0.15, 0.2) is 46.9 Å². The van der Waals surface area contributed by atoms with E-state index in [2.05, 4.69) is 25.3 Å². The minimum atomic E-state index is -2.87. The van der Waals surface area contributed by atoms with Crippen LogP contribution in [0, 0.1) is 11.7 Å². The van der Waals surface area contributed by atoms with E-state index in [1.54, 1.807) is 6.07 Å². The van der Waals surface area contributed by atoms with Gasteiger partial charge in [0.25, 0.3) is 0 Å². The van der Waals surface area contributed by atoms with Gasteiger partial charge in [0.15, 0.2) is 0 Å². The number of nitrogens with zero attached hydrogens (tertiary/aromatic N) is 6. The fraction of sp³-hybridized carbons (Fsp3) is 0.500. The molecule has 2 saturated heterocycles. The van der Waals surface area contributed by atoms with Crippen molar-refractivity contribution in [1.29, 1.82) is 0 Å². The molecule has 1 atom stereocenters. The second-order valence-electron chi connectivity index (χ2n) is 10.9. The first-order valence-electron chi connectivity index (χ1n) is 13.7. The minimum Gasteiger partial charge on any atom is -0.488 e. The van der Waals surface area contributed by atoms with Gasteiger partial charge in [0, 0.05) is 38.3 Å². The van der Waals surface area contributed by atoms with Crippen LogP contribution in [0.1, 0.15) is 44.5 Å². The fourth-order valence-corrected chi connectivity index (χ4v) is 5.30. The lowest BCUT2D eigenvalue weighted by Crippen LogP contribution is -2.50. The van der Waals surface area contributed by atoms with Gasteiger partial charge < -0.3 is 25.9 Å². The van der Waals surface area contributed by atoms with E-state index >= 15 is 0 Å². The van der Waals surface area contributed by atoms with Crippen molar-refractivity contribution in [2.24, 2.45) is 21.9 Å². The maximum absolute atomic E-state index is 13.8. The number of nitrogens with two attached hydrogens (primary N) is 1. The number of imidazole rings is 1. The number of ether oxygens (including phenoxy) is 1. The highest BCUT2D eigenvalue weighted by Crippen LogP contribution is 2.32. The summed E-state index contributed by atoms with van der Waals surface area (Å²) in [5.41, 5.74) is 0.310. The Bertz CT molecular complexity index is 1410. The predicted octanol–water partition coefficient (Wildman–Crippen LogP) is 3.06. The van der Waals surface area contributed by atoms with Gasteiger partial charge >= 0.3 is 6.55 Å². The lowest BCUT2D eigenvalue weighted by Gasteiger charge is -2.36. The molecule has 3 aromatic rings. The average molecular weight is 573 g/mol. The predicted molar refractivity (Wildman–Crippen MR) is 150 cm³/mol. The van der Waals surface area contributed by atoms with Gasteiger partial charge in [0.1, 0.15) is 41.3 Å². The summed E-state index contributed by atoms with van der Waals surface area (Å²) < 4.78 is 47.6. The minimum absolute atomic E-state index is 0.0467. The summed E-state index contributed by atoms with van der Waals surface area (Å²) in [5.74, 6) is 6.04. The van der Waals surface area contributed by atoms with Gasteiger partial charge in [0.2, 0.25) is 0 Å². The van der Waals surface area contributed by atoms with Crippen LogP contribution in [0.4, 0.5) is 13.2 Å². The molecule has 1 unspecified atom stereocenters. The first-order chi connectivity index (χ1) is 19.6. The first kappa shape index (κ1) is 29.0. The highest BCUT2D eigenvalue weighted by molar-refractivity contribution is 6.47. The Morgan fingerprint density at radius 2 is 2.00 bits per heavy atom. The molecular weight excluding hydrogens is 537 g/mol. The van der Waals surface area contributed by atoms with Crippen LogP contribution in [0.25, 0.3) is 11.0 Å². The molecule has 0 spiro atoms. The zero-order valence-corrected chi connectivity index (χ0v) is 23.1. The number of nitrogens with one attached hydrogen (secondary N) is 1. The van der Waals surface area contributed by atoms with Crippen molar-refractivity contribution < 1.29 is 23.0 Å². The van der Waals surface area contributed by atoms with E-state index in [0.29, 0.717) is 21.6 Å². The molecule has 0 radical (unpaired) electrons. The molecule has 4 N–H and O–H groups in total. The lowest BCUT2D eigenvalue weighted by atomic mass is 9.99. The van der Waals surface area contributed by atoms with Gasteiger partial charge in [-0.15, -0.1) is 0 Å². The zero-order valence-electron chi connectivity index (χ0n) is 23.1. The van der Waals surface area contributed by atoms with Crippen LogP contribution < -0.4 is 15.9 Å². The number of hydrazone groups is 1. The van der Waals surface area contributed by atoms with Crippen LogP contribution in [-0.2, 0) is 5.60 Å². The van der Waals surface area contributed by atoms with Crippen LogP contribution in [0.5, 0.6) is 5.75 Å². The van der Waals surface area contributed by atoms with Crippen LogP contribution in [-0.4, -0.2) is 81.3 Å². The molecule has 41 heavy (non-hydrogen) atoms. The molecule has 0 bridgehead atoms. The molecule has 1 aromatic carbocycles. The second-order valence-corrected chi connectivity index (χ2v) is 10.9. The van der Waals surface area contributed by atoms with E-state index in [1.807, 2.05) is 6.92 Å². The number of likely N-dealkylation sites (tertiary alicyclic amines) is 1. The number of aromatic nitrogens is 3. The van der Waals surface area contributed by atoms with Crippen molar-refractivity contribution >= 4 is 22.5 Å². The molecule has 2 aromatic heterocycles. The Hall–Kier alpha value is -3.55. The Balaban J connectivity index is 1.38. The number of aliphatic imine (C=N–C) groups is 1. The number of benzene rings is 1. The van der Waals surface area contributed by atoms with Gasteiger partial charge in [-0.2, -0.15) is 13.9 Å². The van der Waals surface area contributed by atoms with Gasteiger partial charge in [-0.25, -0.2) is 9.37 Å². The van der Waals surface area contributed by atoms with Crippen LogP contribution in [0.2, 0.25) is 0 Å². The van der Waals surface area contributed by atoms with Crippen LogP contribution in [0.3, 0.4) is 0 Å². The van der Waals surface area contributed by atoms with Gasteiger partial charge in [-0.3, -0.25) is 14.5 Å². The molecule has 13 heteroatoms. The summed E-state index contributed by atoms with van der Waals surface area (Å²) in [6, 6.07) is 5.78. The van der Waals surface area contributed by atoms with E-state index in [9.17, 15) is 18.3 Å².